The molecule has 24 heteroatoms. The number of β-amino-alcohol motifs (C(OH)–C–C–N with tert-alkyl or cyclic N) is 1. The first kappa shape index (κ1) is 59.5. The highest BCUT2D eigenvalue weighted by Gasteiger charge is 2.44. The van der Waals surface area contributed by atoms with E-state index < -0.39 is 29.5 Å². The second-order valence-electron chi connectivity index (χ2n) is 20.0. The van der Waals surface area contributed by atoms with Crippen LogP contribution in [0.5, 0.6) is 0 Å². The lowest BCUT2D eigenvalue weighted by Crippen LogP contribution is -2.57. The molecule has 0 radical (unpaired) electrons. The number of hydrogen-bond acceptors (Lipinski definition) is 18. The number of rotatable bonds is 26. The summed E-state index contributed by atoms with van der Waals surface area (Å²) in [6.07, 6.45) is 0.990. The Bertz CT molecular complexity index is 2800. The Hall–Kier alpha value is -6.18. The van der Waals surface area contributed by atoms with Crippen LogP contribution < -0.4 is 26.2 Å². The number of carbonyl (C=O) groups excluding carboxylic acids is 5. The second-order valence-corrected chi connectivity index (χ2v) is 22.3. The minimum Gasteiger partial charge on any atom is -0.391 e. The van der Waals surface area contributed by atoms with Gasteiger partial charge in [0, 0.05) is 58.2 Å². The summed E-state index contributed by atoms with van der Waals surface area (Å²) in [4.78, 5) is 91.0. The molecule has 420 valence electrons. The molecule has 3 atom stereocenters. The number of thiazole rings is 2. The molecule has 2 aliphatic heterocycles. The number of hydrogen-bond donors (Lipinski definition) is 5. The molecule has 2 saturated heterocycles. The van der Waals surface area contributed by atoms with Gasteiger partial charge >= 0.3 is 0 Å². The average Bonchev–Trinajstić information content (AvgIpc) is 4.22. The number of nitrogens with zero attached hydrogens (tertiary/aromatic N) is 7. The van der Waals surface area contributed by atoms with E-state index in [1.807, 2.05) is 87.5 Å². The van der Waals surface area contributed by atoms with Crippen molar-refractivity contribution < 1.29 is 48.0 Å². The number of nitrogens with one attached hydrogen (secondary N) is 4. The summed E-state index contributed by atoms with van der Waals surface area (Å²) in [6, 6.07) is 13.3. The molecule has 3 aromatic heterocycles. The molecule has 0 saturated carbocycles. The minimum absolute atomic E-state index is 0.0114. The number of aliphatic hydroxyl groups is 1. The van der Waals surface area contributed by atoms with Crippen molar-refractivity contribution in [3.05, 3.63) is 92.8 Å². The van der Waals surface area contributed by atoms with Crippen LogP contribution in [-0.4, -0.2) is 168 Å². The van der Waals surface area contributed by atoms with Crippen molar-refractivity contribution in [2.24, 2.45) is 5.41 Å². The molecule has 78 heavy (non-hydrogen) atoms. The summed E-state index contributed by atoms with van der Waals surface area (Å²) in [5.74, 6) is 0.344. The number of carbonyl (C=O) groups is 5. The van der Waals surface area contributed by atoms with Gasteiger partial charge in [-0.15, -0.1) is 11.3 Å². The molecule has 21 nitrogen and oxygen atoms in total. The number of para-hydroxylation sites is 1. The fourth-order valence-corrected chi connectivity index (χ4v) is 10.5. The Morgan fingerprint density at radius 3 is 2.15 bits per heavy atom. The summed E-state index contributed by atoms with van der Waals surface area (Å²) in [5, 5.41) is 23.4. The number of amides is 5. The quantitative estimate of drug-likeness (QED) is 0.0402. The van der Waals surface area contributed by atoms with Gasteiger partial charge in [0.1, 0.15) is 34.4 Å². The molecule has 5 heterocycles. The number of anilines is 4. The monoisotopic (exact) mass is 1130 g/mol. The van der Waals surface area contributed by atoms with Crippen LogP contribution in [-0.2, 0) is 44.7 Å². The smallest absolute Gasteiger partial charge is 0.267 e. The zero-order chi connectivity index (χ0) is 55.8. The molecule has 5 amide bonds. The summed E-state index contributed by atoms with van der Waals surface area (Å²) in [7, 11) is 0. The van der Waals surface area contributed by atoms with E-state index >= 15 is 0 Å². The lowest BCUT2D eigenvalue weighted by Gasteiger charge is -2.35. The zero-order valence-electron chi connectivity index (χ0n) is 45.0. The van der Waals surface area contributed by atoms with Crippen LogP contribution in [0.3, 0.4) is 0 Å². The standard InChI is InChI=1S/C54H70ClN11O10S2/c1-34-8-7-9-40(55)47(34)63-51(71)42-31-57-53(78-42)61-43-29-44(60-36(3)59-43)64-16-18-65(19-17-64)46(69)15-21-74-23-25-76-27-26-75-24-22-73-20-14-45(68)62-49(54(4,5)6)52(72)66-32-39(67)28-41(66)50(70)56-30-37-10-12-38(13-11-37)48-35(2)58-33-77-48/h7-13,29,31,33,39,41,49,67H,14-28,30,32H2,1-6H3,(H,56,70)(H,62,68)(H,63,71)(H,57,59,60,61)/t39-,41+,49-/m1/s1. The van der Waals surface area contributed by atoms with Gasteiger partial charge in [-0.25, -0.2) is 19.9 Å². The number of piperazine rings is 1. The largest absolute Gasteiger partial charge is 0.391 e. The van der Waals surface area contributed by atoms with Crippen molar-refractivity contribution in [3.63, 3.8) is 0 Å². The lowest BCUT2D eigenvalue weighted by atomic mass is 9.85. The van der Waals surface area contributed by atoms with Crippen molar-refractivity contribution in [3.8, 4) is 10.4 Å². The second kappa shape index (κ2) is 28.6. The van der Waals surface area contributed by atoms with Gasteiger partial charge in [0.2, 0.25) is 23.6 Å². The Balaban J connectivity index is 0.703. The normalized spacial score (nSPS) is 16.0. The Labute approximate surface area is 467 Å². The molecule has 0 aliphatic carbocycles. The highest BCUT2D eigenvalue weighted by Crippen LogP contribution is 2.31. The van der Waals surface area contributed by atoms with Crippen LogP contribution in [0.15, 0.2) is 60.2 Å². The van der Waals surface area contributed by atoms with E-state index in [1.54, 1.807) is 24.3 Å². The maximum Gasteiger partial charge on any atom is 0.267 e. The number of aromatic nitrogens is 4. The number of benzene rings is 2. The van der Waals surface area contributed by atoms with Crippen molar-refractivity contribution in [2.75, 3.05) is 101 Å². The van der Waals surface area contributed by atoms with Gasteiger partial charge in [-0.3, -0.25) is 24.0 Å². The minimum atomic E-state index is -0.942. The van der Waals surface area contributed by atoms with Gasteiger partial charge in [-0.1, -0.05) is 80.1 Å². The highest BCUT2D eigenvalue weighted by atomic mass is 35.5. The van der Waals surface area contributed by atoms with Crippen LogP contribution in [0.4, 0.5) is 22.5 Å². The third-order valence-electron chi connectivity index (χ3n) is 13.0. The molecular weight excluding hydrogens is 1060 g/mol. The maximum absolute atomic E-state index is 14.0. The lowest BCUT2D eigenvalue weighted by molar-refractivity contribution is -0.144. The van der Waals surface area contributed by atoms with E-state index in [9.17, 15) is 29.1 Å². The molecule has 2 aromatic carbocycles. The number of halogens is 1. The van der Waals surface area contributed by atoms with Crippen LogP contribution >= 0.6 is 34.3 Å². The van der Waals surface area contributed by atoms with Gasteiger partial charge in [0.15, 0.2) is 5.13 Å². The van der Waals surface area contributed by atoms with Gasteiger partial charge in [-0.2, -0.15) is 0 Å². The van der Waals surface area contributed by atoms with Gasteiger partial charge in [0.25, 0.3) is 5.91 Å². The summed E-state index contributed by atoms with van der Waals surface area (Å²) in [6.45, 7) is 15.9. The summed E-state index contributed by atoms with van der Waals surface area (Å²) < 4.78 is 22.5. The van der Waals surface area contributed by atoms with E-state index in [0.717, 1.165) is 33.1 Å². The SMILES string of the molecule is Cc1nc(Nc2ncc(C(=O)Nc3c(C)cccc3Cl)s2)cc(N2CCN(C(=O)CCOCCOCCOCCOCCC(=O)N[C@H](C(=O)N3C[C@H](O)C[C@H]3C(=O)NCc3ccc(-c4scnc4C)cc3)C(C)(C)C)CC2)n1. The number of aliphatic hydroxyl groups excluding tert-OH is 1. The third-order valence-corrected chi connectivity index (χ3v) is 15.2. The molecule has 2 fully saturated rings. The summed E-state index contributed by atoms with van der Waals surface area (Å²) >= 11 is 9.06. The van der Waals surface area contributed by atoms with Crippen LogP contribution in [0.25, 0.3) is 10.4 Å². The maximum atomic E-state index is 14.0. The zero-order valence-corrected chi connectivity index (χ0v) is 47.4. The van der Waals surface area contributed by atoms with Crippen molar-refractivity contribution >= 4 is 86.3 Å². The molecule has 7 rings (SSSR count). The van der Waals surface area contributed by atoms with Crippen LogP contribution in [0.2, 0.25) is 5.02 Å². The fraction of sp³-hybridized carbons (Fsp3) is 0.500. The van der Waals surface area contributed by atoms with E-state index in [4.69, 9.17) is 30.5 Å². The predicted molar refractivity (Wildman–Crippen MR) is 299 cm³/mol. The van der Waals surface area contributed by atoms with E-state index in [2.05, 4.69) is 46.1 Å². The van der Waals surface area contributed by atoms with Gasteiger partial charge < -0.3 is 60.0 Å². The summed E-state index contributed by atoms with van der Waals surface area (Å²) in [5.41, 5.74) is 5.43. The van der Waals surface area contributed by atoms with E-state index in [0.29, 0.717) is 91.6 Å². The topological polar surface area (TPSA) is 252 Å². The van der Waals surface area contributed by atoms with Gasteiger partial charge in [0.05, 0.1) is 98.4 Å². The van der Waals surface area contributed by atoms with Crippen molar-refractivity contribution in [1.29, 1.82) is 0 Å². The Morgan fingerprint density at radius 2 is 1.51 bits per heavy atom. The molecule has 0 bridgehead atoms. The van der Waals surface area contributed by atoms with E-state index in [-0.39, 0.29) is 75.8 Å². The average molecular weight is 1130 g/mol. The molecule has 0 spiro atoms. The highest BCUT2D eigenvalue weighted by molar-refractivity contribution is 7.17. The number of ether oxygens (including phenoxy) is 4. The Kier molecular flexibility index (Phi) is 21.8. The van der Waals surface area contributed by atoms with Crippen LogP contribution in [0, 0.1) is 26.2 Å². The first-order chi connectivity index (χ1) is 37.4. The number of likely N-dealkylation sites (tertiary alicyclic amines) is 1. The first-order valence-corrected chi connectivity index (χ1v) is 28.0. The molecule has 2 aliphatic rings. The first-order valence-electron chi connectivity index (χ1n) is 26.0. The number of aryl methyl sites for hydroxylation is 3. The molecule has 0 unspecified atom stereocenters. The Morgan fingerprint density at radius 1 is 0.846 bits per heavy atom. The molecular formula is C54H70ClN11O10S2. The molecule has 5 N–H and O–H groups in total. The van der Waals surface area contributed by atoms with Crippen molar-refractivity contribution in [1.82, 2.24) is 40.4 Å². The van der Waals surface area contributed by atoms with Gasteiger partial charge in [-0.05, 0) is 48.9 Å². The third kappa shape index (κ3) is 17.2. The van der Waals surface area contributed by atoms with Crippen molar-refractivity contribution in [2.45, 2.75) is 85.5 Å². The van der Waals surface area contributed by atoms with Crippen LogP contribution in [0.1, 0.15) is 72.4 Å². The molecule has 5 aromatic rings. The predicted octanol–water partition coefficient (Wildman–Crippen LogP) is 5.94. The fourth-order valence-electron chi connectivity index (χ4n) is 8.73. The van der Waals surface area contributed by atoms with E-state index in [1.165, 1.54) is 22.4 Å².